The summed E-state index contributed by atoms with van der Waals surface area (Å²) in [5.41, 5.74) is 0. The normalized spacial score (nSPS) is 32.6. The molecule has 2 fully saturated rings. The number of carbonyl (C=O) groups excluding carboxylic acids is 1. The van der Waals surface area contributed by atoms with Crippen LogP contribution in [0.15, 0.2) is 0 Å². The van der Waals surface area contributed by atoms with Gasteiger partial charge in [0.1, 0.15) is 6.10 Å². The Hall–Kier alpha value is -0.610. The Kier molecular flexibility index (Phi) is 2.80. The Bertz CT molecular complexity index is 185. The SMILES string of the molecule is O=C(NCC1CCCO1)C1CCO1. The van der Waals surface area contributed by atoms with Crippen molar-refractivity contribution in [3.63, 3.8) is 0 Å². The first-order chi connectivity index (χ1) is 6.36. The first-order valence-corrected chi connectivity index (χ1v) is 4.87. The van der Waals surface area contributed by atoms with Gasteiger partial charge in [0.05, 0.1) is 12.7 Å². The molecule has 1 amide bonds. The fourth-order valence-corrected chi connectivity index (χ4v) is 1.58. The molecule has 13 heavy (non-hydrogen) atoms. The predicted molar refractivity (Wildman–Crippen MR) is 46.3 cm³/mol. The lowest BCUT2D eigenvalue weighted by Gasteiger charge is -2.25. The van der Waals surface area contributed by atoms with E-state index < -0.39 is 0 Å². The second-order valence-corrected chi connectivity index (χ2v) is 3.53. The molecule has 2 aliphatic heterocycles. The van der Waals surface area contributed by atoms with E-state index in [9.17, 15) is 4.79 Å². The molecule has 0 spiro atoms. The topological polar surface area (TPSA) is 47.6 Å². The van der Waals surface area contributed by atoms with Gasteiger partial charge >= 0.3 is 0 Å². The molecule has 2 unspecified atom stereocenters. The summed E-state index contributed by atoms with van der Waals surface area (Å²) in [6.07, 6.45) is 3.06. The van der Waals surface area contributed by atoms with Crippen LogP contribution in [-0.4, -0.2) is 37.9 Å². The van der Waals surface area contributed by atoms with Crippen molar-refractivity contribution >= 4 is 5.91 Å². The highest BCUT2D eigenvalue weighted by atomic mass is 16.5. The number of rotatable bonds is 3. The fourth-order valence-electron chi connectivity index (χ4n) is 1.58. The molecule has 2 saturated heterocycles. The minimum atomic E-state index is -0.193. The van der Waals surface area contributed by atoms with Crippen LogP contribution in [0.1, 0.15) is 19.3 Å². The number of carbonyl (C=O) groups is 1. The van der Waals surface area contributed by atoms with Gasteiger partial charge in [-0.05, 0) is 12.8 Å². The lowest BCUT2D eigenvalue weighted by Crippen LogP contribution is -2.45. The predicted octanol–water partition coefficient (Wildman–Crippen LogP) is 0.0705. The Morgan fingerprint density at radius 1 is 1.31 bits per heavy atom. The quantitative estimate of drug-likeness (QED) is 0.677. The van der Waals surface area contributed by atoms with Crippen molar-refractivity contribution in [3.8, 4) is 0 Å². The molecule has 0 aliphatic carbocycles. The molecular weight excluding hydrogens is 170 g/mol. The Balaban J connectivity index is 1.63. The Morgan fingerprint density at radius 3 is 2.69 bits per heavy atom. The molecule has 4 heteroatoms. The second-order valence-electron chi connectivity index (χ2n) is 3.53. The summed E-state index contributed by atoms with van der Waals surface area (Å²) in [5, 5.41) is 2.84. The van der Waals surface area contributed by atoms with E-state index in [4.69, 9.17) is 9.47 Å². The van der Waals surface area contributed by atoms with Crippen molar-refractivity contribution in [2.24, 2.45) is 0 Å². The molecule has 2 aliphatic rings. The summed E-state index contributed by atoms with van der Waals surface area (Å²) < 4.78 is 10.4. The van der Waals surface area contributed by atoms with Gasteiger partial charge in [-0.25, -0.2) is 0 Å². The second kappa shape index (κ2) is 4.07. The van der Waals surface area contributed by atoms with Crippen LogP contribution >= 0.6 is 0 Å². The van der Waals surface area contributed by atoms with Gasteiger partial charge in [-0.1, -0.05) is 0 Å². The van der Waals surface area contributed by atoms with Crippen molar-refractivity contribution < 1.29 is 14.3 Å². The van der Waals surface area contributed by atoms with E-state index in [-0.39, 0.29) is 18.1 Å². The number of nitrogens with one attached hydrogen (secondary N) is 1. The molecule has 2 atom stereocenters. The summed E-state index contributed by atoms with van der Waals surface area (Å²) in [6, 6.07) is 0. The molecule has 0 bridgehead atoms. The summed E-state index contributed by atoms with van der Waals surface area (Å²) in [5.74, 6) is 0.0155. The largest absolute Gasteiger partial charge is 0.376 e. The average Bonchev–Trinajstić information content (AvgIpc) is 2.49. The van der Waals surface area contributed by atoms with Crippen molar-refractivity contribution in [1.82, 2.24) is 5.32 Å². The molecule has 74 valence electrons. The molecule has 0 aromatic rings. The van der Waals surface area contributed by atoms with Crippen LogP contribution in [0.5, 0.6) is 0 Å². The molecule has 1 N–H and O–H groups in total. The monoisotopic (exact) mass is 185 g/mol. The van der Waals surface area contributed by atoms with Gasteiger partial charge in [0.25, 0.3) is 0 Å². The minimum Gasteiger partial charge on any atom is -0.376 e. The maximum Gasteiger partial charge on any atom is 0.249 e. The zero-order chi connectivity index (χ0) is 9.10. The van der Waals surface area contributed by atoms with Gasteiger partial charge in [0.2, 0.25) is 5.91 Å². The Labute approximate surface area is 77.6 Å². The van der Waals surface area contributed by atoms with Crippen molar-refractivity contribution in [2.75, 3.05) is 19.8 Å². The number of ether oxygens (including phenoxy) is 2. The van der Waals surface area contributed by atoms with E-state index in [1.807, 2.05) is 0 Å². The first kappa shape index (κ1) is 8.97. The van der Waals surface area contributed by atoms with Crippen LogP contribution < -0.4 is 5.32 Å². The van der Waals surface area contributed by atoms with Gasteiger partial charge in [-0.15, -0.1) is 0 Å². The van der Waals surface area contributed by atoms with E-state index in [1.54, 1.807) is 0 Å². The molecule has 0 aromatic heterocycles. The van der Waals surface area contributed by atoms with Crippen LogP contribution in [0.4, 0.5) is 0 Å². The van der Waals surface area contributed by atoms with Crippen molar-refractivity contribution in [3.05, 3.63) is 0 Å². The zero-order valence-electron chi connectivity index (χ0n) is 7.62. The van der Waals surface area contributed by atoms with Crippen molar-refractivity contribution in [1.29, 1.82) is 0 Å². The minimum absolute atomic E-state index is 0.0155. The van der Waals surface area contributed by atoms with Crippen LogP contribution in [0, 0.1) is 0 Å². The third-order valence-corrected chi connectivity index (χ3v) is 2.52. The fraction of sp³-hybridized carbons (Fsp3) is 0.889. The summed E-state index contributed by atoms with van der Waals surface area (Å²) in [7, 11) is 0. The highest BCUT2D eigenvalue weighted by Gasteiger charge is 2.27. The smallest absolute Gasteiger partial charge is 0.249 e. The molecule has 0 aromatic carbocycles. The third-order valence-electron chi connectivity index (χ3n) is 2.52. The van der Waals surface area contributed by atoms with E-state index in [0.717, 1.165) is 32.5 Å². The third kappa shape index (κ3) is 2.19. The van der Waals surface area contributed by atoms with Crippen LogP contribution in [-0.2, 0) is 14.3 Å². The van der Waals surface area contributed by atoms with Gasteiger partial charge in [0, 0.05) is 19.6 Å². The van der Waals surface area contributed by atoms with E-state index in [2.05, 4.69) is 5.32 Å². The van der Waals surface area contributed by atoms with Gasteiger partial charge in [-0.3, -0.25) is 4.79 Å². The average molecular weight is 185 g/mol. The lowest BCUT2D eigenvalue weighted by molar-refractivity contribution is -0.145. The lowest BCUT2D eigenvalue weighted by atomic mass is 10.1. The first-order valence-electron chi connectivity index (χ1n) is 4.87. The number of amides is 1. The van der Waals surface area contributed by atoms with Gasteiger partial charge < -0.3 is 14.8 Å². The molecule has 0 saturated carbocycles. The van der Waals surface area contributed by atoms with Crippen LogP contribution in [0.2, 0.25) is 0 Å². The van der Waals surface area contributed by atoms with Crippen molar-refractivity contribution in [2.45, 2.75) is 31.5 Å². The zero-order valence-corrected chi connectivity index (χ0v) is 7.62. The summed E-state index contributed by atoms with van der Waals surface area (Å²) in [6.45, 7) is 2.19. The molecule has 2 heterocycles. The molecular formula is C9H15NO3. The Morgan fingerprint density at radius 2 is 2.15 bits per heavy atom. The number of hydrogen-bond donors (Lipinski definition) is 1. The van der Waals surface area contributed by atoms with E-state index >= 15 is 0 Å². The maximum absolute atomic E-state index is 11.3. The highest BCUT2D eigenvalue weighted by Crippen LogP contribution is 2.12. The molecule has 2 rings (SSSR count). The molecule has 4 nitrogen and oxygen atoms in total. The maximum atomic E-state index is 11.3. The van der Waals surface area contributed by atoms with E-state index in [0.29, 0.717) is 6.54 Å². The summed E-state index contributed by atoms with van der Waals surface area (Å²) >= 11 is 0. The van der Waals surface area contributed by atoms with Crippen LogP contribution in [0.25, 0.3) is 0 Å². The van der Waals surface area contributed by atoms with Gasteiger partial charge in [0.15, 0.2) is 0 Å². The molecule has 0 radical (unpaired) electrons. The summed E-state index contributed by atoms with van der Waals surface area (Å²) in [4.78, 5) is 11.3. The standard InChI is InChI=1S/C9H15NO3/c11-9(8-3-5-13-8)10-6-7-2-1-4-12-7/h7-8H,1-6H2,(H,10,11). The van der Waals surface area contributed by atoms with Crippen LogP contribution in [0.3, 0.4) is 0 Å². The van der Waals surface area contributed by atoms with Gasteiger partial charge in [-0.2, -0.15) is 0 Å². The van der Waals surface area contributed by atoms with E-state index in [1.165, 1.54) is 0 Å². The highest BCUT2D eigenvalue weighted by molar-refractivity contribution is 5.81. The number of hydrogen-bond acceptors (Lipinski definition) is 3.